The molecule has 1 aromatic heterocycles. The van der Waals surface area contributed by atoms with Crippen molar-refractivity contribution in [1.82, 2.24) is 45.8 Å². The molecule has 2 heterocycles. The van der Waals surface area contributed by atoms with E-state index in [1.165, 1.54) is 16.8 Å². The molecule has 4 fully saturated rings. The van der Waals surface area contributed by atoms with Crippen LogP contribution in [0.4, 0.5) is 13.6 Å². The van der Waals surface area contributed by atoms with Gasteiger partial charge in [0.25, 0.3) is 5.91 Å². The van der Waals surface area contributed by atoms with Crippen LogP contribution < -0.4 is 25.4 Å². The summed E-state index contributed by atoms with van der Waals surface area (Å²) in [6, 6.07) is 2.41. The molecule has 60 heavy (non-hydrogen) atoms. The number of carbonyl (C=O) groups excluding carboxylic acids is 5. The van der Waals surface area contributed by atoms with Gasteiger partial charge in [-0.3, -0.25) is 23.9 Å². The fourth-order valence-corrected chi connectivity index (χ4v) is 9.32. The summed E-state index contributed by atoms with van der Waals surface area (Å²) in [5.74, 6) is -5.13. The van der Waals surface area contributed by atoms with Gasteiger partial charge in [0, 0.05) is 18.5 Å². The van der Waals surface area contributed by atoms with Crippen LogP contribution >= 0.6 is 0 Å². The monoisotopic (exact) mass is 863 g/mol. The van der Waals surface area contributed by atoms with E-state index in [4.69, 9.17) is 9.47 Å². The van der Waals surface area contributed by atoms with Crippen LogP contribution in [0.1, 0.15) is 91.5 Å². The molecule has 330 valence electrons. The van der Waals surface area contributed by atoms with Crippen LogP contribution in [0.3, 0.4) is 0 Å². The van der Waals surface area contributed by atoms with Gasteiger partial charge in [-0.1, -0.05) is 47.0 Å². The minimum Gasteiger partial charge on any atom is -0.497 e. The average Bonchev–Trinajstić information content (AvgIpc) is 4.10. The lowest BCUT2D eigenvalue weighted by Crippen LogP contribution is -2.61. The highest BCUT2D eigenvalue weighted by Gasteiger charge is 2.67. The molecule has 1 aliphatic heterocycles. The van der Waals surface area contributed by atoms with Crippen molar-refractivity contribution < 1.29 is 50.6 Å². The summed E-state index contributed by atoms with van der Waals surface area (Å²) in [7, 11) is -2.63. The Balaban J connectivity index is 1.27. The number of sulfonamides is 1. The Morgan fingerprint density at radius 2 is 1.65 bits per heavy atom. The molecule has 18 nitrogen and oxygen atoms in total. The summed E-state index contributed by atoms with van der Waals surface area (Å²) in [4.78, 5) is 71.9. The van der Waals surface area contributed by atoms with E-state index in [9.17, 15) is 41.2 Å². The quantitative estimate of drug-likeness (QED) is 0.180. The fourth-order valence-electron chi connectivity index (χ4n) is 7.96. The second kappa shape index (κ2) is 18.3. The Hall–Kier alpha value is -4.95. The summed E-state index contributed by atoms with van der Waals surface area (Å²) in [5, 5.41) is 20.0. The van der Waals surface area contributed by atoms with Crippen LogP contribution in [0.2, 0.25) is 0 Å². The van der Waals surface area contributed by atoms with E-state index in [-0.39, 0.29) is 37.2 Å². The van der Waals surface area contributed by atoms with Gasteiger partial charge in [0.15, 0.2) is 0 Å². The number of nitrogens with one attached hydrogen (secondary N) is 4. The number of methoxy groups -OCH3 is 1. The number of ether oxygens (including phenoxy) is 2. The molecule has 3 saturated carbocycles. The molecule has 2 aromatic rings. The average molecular weight is 864 g/mol. The summed E-state index contributed by atoms with van der Waals surface area (Å²) in [6.07, 6.45) is 0.124. The number of hydrogen-bond acceptors (Lipinski definition) is 12. The predicted molar refractivity (Wildman–Crippen MR) is 210 cm³/mol. The van der Waals surface area contributed by atoms with Crippen molar-refractivity contribution in [1.29, 1.82) is 0 Å². The van der Waals surface area contributed by atoms with Crippen molar-refractivity contribution in [3.05, 3.63) is 24.3 Å². The highest BCUT2D eigenvalue weighted by molar-refractivity contribution is 7.91. The smallest absolute Gasteiger partial charge is 0.407 e. The zero-order chi connectivity index (χ0) is 43.5. The minimum atomic E-state index is -4.16. The van der Waals surface area contributed by atoms with E-state index in [1.54, 1.807) is 38.1 Å². The first-order valence-electron chi connectivity index (χ1n) is 20.6. The van der Waals surface area contributed by atoms with Crippen molar-refractivity contribution in [3.8, 4) is 17.1 Å². The van der Waals surface area contributed by atoms with Crippen LogP contribution in [0.15, 0.2) is 24.3 Å². The van der Waals surface area contributed by atoms with Crippen molar-refractivity contribution in [3.63, 3.8) is 0 Å². The third-order valence-corrected chi connectivity index (χ3v) is 13.5. The van der Waals surface area contributed by atoms with E-state index in [1.807, 2.05) is 18.6 Å². The molecule has 3 aliphatic carbocycles. The lowest BCUT2D eigenvalue weighted by molar-refractivity contribution is -0.143. The van der Waals surface area contributed by atoms with E-state index in [0.717, 1.165) is 19.3 Å². The van der Waals surface area contributed by atoms with Crippen LogP contribution in [0, 0.1) is 23.7 Å². The maximum atomic E-state index is 14.7. The first kappa shape index (κ1) is 44.6. The van der Waals surface area contributed by atoms with Gasteiger partial charge in [0.2, 0.25) is 40.0 Å². The van der Waals surface area contributed by atoms with E-state index >= 15 is 0 Å². The SMILES string of the molecule is COc1ccc(-c2nnn([C@@H]3CC(C(=O)N[C@]4(C(=O)NS(=O)(=O)C5CC5)C[C@H]4C(F)F)N(C(=O)[C@@H](NC(=O)[C@@H](NC(=O)OCC(C)C)C4CCCCC4)C(C)C)C3)n2)cc1. The largest absolute Gasteiger partial charge is 0.497 e. The fraction of sp³-hybridized carbons (Fsp3) is 0.692. The van der Waals surface area contributed by atoms with E-state index < -0.39 is 99.4 Å². The lowest BCUT2D eigenvalue weighted by Gasteiger charge is -2.34. The van der Waals surface area contributed by atoms with E-state index in [0.29, 0.717) is 37.0 Å². The molecule has 1 unspecified atom stereocenters. The van der Waals surface area contributed by atoms with Crippen LogP contribution in [-0.2, 0) is 33.9 Å². The Bertz CT molecular complexity index is 2010. The molecule has 0 radical (unpaired) electrons. The number of amides is 5. The zero-order valence-electron chi connectivity index (χ0n) is 34.4. The Morgan fingerprint density at radius 1 is 0.967 bits per heavy atom. The van der Waals surface area contributed by atoms with Crippen LogP contribution in [0.25, 0.3) is 11.4 Å². The van der Waals surface area contributed by atoms with Gasteiger partial charge in [-0.25, -0.2) is 22.0 Å². The molecule has 0 bridgehead atoms. The molecule has 5 amide bonds. The summed E-state index contributed by atoms with van der Waals surface area (Å²) >= 11 is 0. The maximum absolute atomic E-state index is 14.7. The molecule has 4 N–H and O–H groups in total. The van der Waals surface area contributed by atoms with Crippen LogP contribution in [-0.4, -0.2) is 119 Å². The lowest BCUT2D eigenvalue weighted by atomic mass is 9.83. The highest BCUT2D eigenvalue weighted by Crippen LogP contribution is 2.48. The Labute approximate surface area is 347 Å². The third kappa shape index (κ3) is 10.1. The van der Waals surface area contributed by atoms with Gasteiger partial charge < -0.3 is 30.3 Å². The first-order chi connectivity index (χ1) is 28.4. The number of carbonyl (C=O) groups is 5. The zero-order valence-corrected chi connectivity index (χ0v) is 35.3. The molecule has 1 saturated heterocycles. The molecule has 1 aromatic carbocycles. The number of alkyl halides is 2. The second-order valence-electron chi connectivity index (χ2n) is 17.1. The summed E-state index contributed by atoms with van der Waals surface area (Å²) in [5.41, 5.74) is -1.65. The molecular weight excluding hydrogens is 809 g/mol. The molecule has 0 spiro atoms. The number of benzene rings is 1. The molecule has 21 heteroatoms. The van der Waals surface area contributed by atoms with Gasteiger partial charge in [0.05, 0.1) is 30.9 Å². The molecule has 6 atom stereocenters. The van der Waals surface area contributed by atoms with Gasteiger partial charge in [0.1, 0.15) is 29.4 Å². The van der Waals surface area contributed by atoms with E-state index in [2.05, 4.69) is 31.4 Å². The molecule has 4 aliphatic rings. The van der Waals surface area contributed by atoms with Crippen molar-refractivity contribution >= 4 is 39.7 Å². The van der Waals surface area contributed by atoms with Gasteiger partial charge in [-0.05, 0) is 79.3 Å². The number of alkyl carbamates (subject to hydrolysis) is 1. The van der Waals surface area contributed by atoms with Crippen molar-refractivity contribution in [2.75, 3.05) is 20.3 Å². The maximum Gasteiger partial charge on any atom is 0.407 e. The standard InChI is InChI=1S/C39H55F2N9O9S/c1-21(2)20-59-38(55)43-31(23-9-7-6-8-10-23)35(52)42-30(22(3)4)36(53)49-19-25(50-46-33(45-48-50)24-11-13-26(58-5)14-12-24)17-29(49)34(51)44-39(18-28(39)32(40)41)37(54)47-60(56,57)27-15-16-27/h11-14,21-23,25,27-32H,6-10,15-20H2,1-5H3,(H,42,52)(H,43,55)(H,44,51)(H,47,54)/t25-,28+,29?,30+,31+,39-/m1/s1. The van der Waals surface area contributed by atoms with Gasteiger partial charge >= 0.3 is 6.09 Å². The number of hydrogen-bond donors (Lipinski definition) is 4. The third-order valence-electron chi connectivity index (χ3n) is 11.7. The second-order valence-corrected chi connectivity index (χ2v) is 19.0. The van der Waals surface area contributed by atoms with Crippen molar-refractivity contribution in [2.24, 2.45) is 23.7 Å². The van der Waals surface area contributed by atoms with Gasteiger partial charge in [-0.15, -0.1) is 10.2 Å². The topological polar surface area (TPSA) is 233 Å². The predicted octanol–water partition coefficient (Wildman–Crippen LogP) is 2.71. The highest BCUT2D eigenvalue weighted by atomic mass is 32.2. The van der Waals surface area contributed by atoms with Crippen LogP contribution in [0.5, 0.6) is 5.75 Å². The number of rotatable bonds is 17. The number of aromatic nitrogens is 4. The molecular formula is C39H55F2N9O9S. The normalized spacial score (nSPS) is 24.2. The Morgan fingerprint density at radius 3 is 2.23 bits per heavy atom. The first-order valence-corrected chi connectivity index (χ1v) is 22.1. The summed E-state index contributed by atoms with van der Waals surface area (Å²) < 4.78 is 66.2. The number of tetrazole rings is 1. The summed E-state index contributed by atoms with van der Waals surface area (Å²) in [6.45, 7) is 7.10. The van der Waals surface area contributed by atoms with Gasteiger partial charge in [-0.2, -0.15) is 4.80 Å². The van der Waals surface area contributed by atoms with Crippen molar-refractivity contribution in [2.45, 2.75) is 127 Å². The minimum absolute atomic E-state index is 0.0538. The molecule has 6 rings (SSSR count). The Kier molecular flexibility index (Phi) is 13.6. The number of nitrogens with zero attached hydrogens (tertiary/aromatic N) is 5. The number of halogens is 2. The number of likely N-dealkylation sites (tertiary alicyclic amines) is 1.